The van der Waals surface area contributed by atoms with Gasteiger partial charge in [-0.05, 0) is 25.8 Å². The van der Waals surface area contributed by atoms with Gasteiger partial charge in [-0.3, -0.25) is 4.79 Å². The molecule has 1 fully saturated rings. The molecule has 16 heavy (non-hydrogen) atoms. The van der Waals surface area contributed by atoms with Crippen LogP contribution in [0.5, 0.6) is 0 Å². The van der Waals surface area contributed by atoms with Crippen molar-refractivity contribution in [3.8, 4) is 0 Å². The van der Waals surface area contributed by atoms with Crippen molar-refractivity contribution < 1.29 is 14.3 Å². The summed E-state index contributed by atoms with van der Waals surface area (Å²) in [6.45, 7) is 0.912. The number of hydrogen-bond donors (Lipinski definition) is 1. The molecule has 86 valence electrons. The predicted octanol–water partition coefficient (Wildman–Crippen LogP) is 1.31. The number of carboxylic acid groups (broad SMARTS) is 1. The van der Waals surface area contributed by atoms with Crippen molar-refractivity contribution in [3.63, 3.8) is 0 Å². The van der Waals surface area contributed by atoms with E-state index in [9.17, 15) is 14.0 Å². The minimum absolute atomic E-state index is 0.0248. The lowest BCUT2D eigenvalue weighted by molar-refractivity contribution is 0.0695. The zero-order chi connectivity index (χ0) is 11.9. The fourth-order valence-corrected chi connectivity index (χ4v) is 1.77. The molecule has 4 nitrogen and oxygen atoms in total. The van der Waals surface area contributed by atoms with Gasteiger partial charge in [0, 0.05) is 11.8 Å². The monoisotopic (exact) mass is 225 g/mol. The Morgan fingerprint density at radius 3 is 2.69 bits per heavy atom. The Morgan fingerprint density at radius 2 is 2.25 bits per heavy atom. The quantitative estimate of drug-likeness (QED) is 0.843. The van der Waals surface area contributed by atoms with Crippen LogP contribution in [0.4, 0.5) is 4.39 Å². The number of alkyl halides is 1. The summed E-state index contributed by atoms with van der Waals surface area (Å²) in [7, 11) is 0. The Labute approximate surface area is 91.3 Å². The molecular weight excluding hydrogens is 213 g/mol. The van der Waals surface area contributed by atoms with Gasteiger partial charge in [0.05, 0.1) is 11.1 Å². The first-order chi connectivity index (χ1) is 7.50. The van der Waals surface area contributed by atoms with Gasteiger partial charge in [-0.2, -0.15) is 0 Å². The standard InChI is InChI=1S/C11H12FNO3/c1-7-4-8(10(15)16)5-13(9(7)14)11(6-12)2-3-11/h4-5H,2-3,6H2,1H3,(H,15,16). The Morgan fingerprint density at radius 1 is 1.62 bits per heavy atom. The number of carbonyl (C=O) groups is 1. The number of carboxylic acids is 1. The van der Waals surface area contributed by atoms with E-state index in [1.165, 1.54) is 16.8 Å². The van der Waals surface area contributed by atoms with Gasteiger partial charge in [-0.1, -0.05) is 0 Å². The maximum absolute atomic E-state index is 12.9. The van der Waals surface area contributed by atoms with Crippen LogP contribution < -0.4 is 5.56 Å². The second kappa shape index (κ2) is 3.43. The molecule has 0 aliphatic heterocycles. The van der Waals surface area contributed by atoms with Crippen LogP contribution >= 0.6 is 0 Å². The van der Waals surface area contributed by atoms with E-state index in [4.69, 9.17) is 5.11 Å². The van der Waals surface area contributed by atoms with E-state index in [1.54, 1.807) is 6.92 Å². The Hall–Kier alpha value is -1.65. The number of aryl methyl sites for hydroxylation is 1. The van der Waals surface area contributed by atoms with Crippen molar-refractivity contribution in [3.05, 3.63) is 33.7 Å². The van der Waals surface area contributed by atoms with Gasteiger partial charge in [-0.15, -0.1) is 0 Å². The van der Waals surface area contributed by atoms with Crippen molar-refractivity contribution in [1.82, 2.24) is 4.57 Å². The Kier molecular flexibility index (Phi) is 2.33. The number of nitrogens with zero attached hydrogens (tertiary/aromatic N) is 1. The van der Waals surface area contributed by atoms with Crippen molar-refractivity contribution in [2.45, 2.75) is 25.3 Å². The molecule has 0 amide bonds. The largest absolute Gasteiger partial charge is 0.478 e. The fourth-order valence-electron chi connectivity index (χ4n) is 1.77. The minimum atomic E-state index is -1.11. The summed E-state index contributed by atoms with van der Waals surface area (Å²) < 4.78 is 14.1. The van der Waals surface area contributed by atoms with Crippen molar-refractivity contribution in [2.24, 2.45) is 0 Å². The van der Waals surface area contributed by atoms with E-state index >= 15 is 0 Å². The molecule has 1 aromatic heterocycles. The van der Waals surface area contributed by atoms with Gasteiger partial charge in [0.15, 0.2) is 0 Å². The van der Waals surface area contributed by atoms with Gasteiger partial charge in [-0.25, -0.2) is 9.18 Å². The zero-order valence-electron chi connectivity index (χ0n) is 8.86. The van der Waals surface area contributed by atoms with E-state index < -0.39 is 18.2 Å². The highest BCUT2D eigenvalue weighted by molar-refractivity contribution is 5.87. The van der Waals surface area contributed by atoms with Crippen LogP contribution in [0, 0.1) is 6.92 Å². The van der Waals surface area contributed by atoms with Crippen molar-refractivity contribution >= 4 is 5.97 Å². The first-order valence-electron chi connectivity index (χ1n) is 5.03. The summed E-state index contributed by atoms with van der Waals surface area (Å²) in [6.07, 6.45) is 2.42. The van der Waals surface area contributed by atoms with Crippen LogP contribution in [-0.2, 0) is 5.54 Å². The van der Waals surface area contributed by atoms with Gasteiger partial charge < -0.3 is 9.67 Å². The number of pyridine rings is 1. The average molecular weight is 225 g/mol. The molecule has 2 rings (SSSR count). The molecule has 0 aromatic carbocycles. The second-order valence-corrected chi connectivity index (χ2v) is 4.25. The number of halogens is 1. The van der Waals surface area contributed by atoms with Gasteiger partial charge >= 0.3 is 5.97 Å². The van der Waals surface area contributed by atoms with Crippen LogP contribution in [0.2, 0.25) is 0 Å². The van der Waals surface area contributed by atoms with Gasteiger partial charge in [0.2, 0.25) is 0 Å². The van der Waals surface area contributed by atoms with Crippen LogP contribution in [0.25, 0.3) is 0 Å². The van der Waals surface area contributed by atoms with Crippen LogP contribution in [-0.4, -0.2) is 22.3 Å². The number of rotatable bonds is 3. The highest BCUT2D eigenvalue weighted by Crippen LogP contribution is 2.42. The first kappa shape index (κ1) is 10.9. The number of aromatic nitrogens is 1. The maximum atomic E-state index is 12.9. The van der Waals surface area contributed by atoms with Crippen LogP contribution in [0.1, 0.15) is 28.8 Å². The van der Waals surface area contributed by atoms with E-state index in [0.29, 0.717) is 18.4 Å². The summed E-state index contributed by atoms with van der Waals surface area (Å²) >= 11 is 0. The van der Waals surface area contributed by atoms with E-state index in [2.05, 4.69) is 0 Å². The molecule has 0 unspecified atom stereocenters. The molecule has 1 aliphatic carbocycles. The molecule has 1 N–H and O–H groups in total. The first-order valence-corrected chi connectivity index (χ1v) is 5.03. The third kappa shape index (κ3) is 1.52. The predicted molar refractivity (Wildman–Crippen MR) is 55.6 cm³/mol. The van der Waals surface area contributed by atoms with Gasteiger partial charge in [0.1, 0.15) is 6.67 Å². The normalized spacial score (nSPS) is 17.1. The SMILES string of the molecule is Cc1cc(C(=O)O)cn(C2(CF)CC2)c1=O. The highest BCUT2D eigenvalue weighted by Gasteiger charge is 2.45. The Balaban J connectivity index is 2.61. The topological polar surface area (TPSA) is 59.3 Å². The highest BCUT2D eigenvalue weighted by atomic mass is 19.1. The smallest absolute Gasteiger partial charge is 0.337 e. The third-order valence-corrected chi connectivity index (χ3v) is 3.03. The molecule has 0 atom stereocenters. The summed E-state index contributed by atoms with van der Waals surface area (Å²) in [4.78, 5) is 22.6. The lowest BCUT2D eigenvalue weighted by atomic mass is 10.2. The van der Waals surface area contributed by atoms with Crippen molar-refractivity contribution in [1.29, 1.82) is 0 Å². The van der Waals surface area contributed by atoms with Crippen molar-refractivity contribution in [2.75, 3.05) is 6.67 Å². The lowest BCUT2D eigenvalue weighted by Gasteiger charge is -2.16. The maximum Gasteiger partial charge on any atom is 0.337 e. The molecule has 5 heteroatoms. The summed E-state index contributed by atoms with van der Waals surface area (Å²) in [5.74, 6) is -1.11. The van der Waals surface area contributed by atoms with E-state index in [0.717, 1.165) is 0 Å². The van der Waals surface area contributed by atoms with Crippen LogP contribution in [0.3, 0.4) is 0 Å². The molecule has 0 bridgehead atoms. The summed E-state index contributed by atoms with van der Waals surface area (Å²) in [5.41, 5.74) is -0.732. The molecular formula is C11H12FNO3. The lowest BCUT2D eigenvalue weighted by Crippen LogP contribution is -2.33. The molecule has 1 saturated carbocycles. The van der Waals surface area contributed by atoms with Gasteiger partial charge in [0.25, 0.3) is 5.56 Å². The molecule has 0 spiro atoms. The summed E-state index contributed by atoms with van der Waals surface area (Å²) in [6, 6.07) is 1.31. The van der Waals surface area contributed by atoms with Crippen LogP contribution in [0.15, 0.2) is 17.1 Å². The molecule has 0 saturated heterocycles. The molecule has 1 aliphatic rings. The molecule has 0 radical (unpaired) electrons. The third-order valence-electron chi connectivity index (χ3n) is 3.03. The number of hydrogen-bond acceptors (Lipinski definition) is 2. The Bertz CT molecular complexity index is 502. The van der Waals surface area contributed by atoms with E-state index in [1.807, 2.05) is 0 Å². The average Bonchev–Trinajstić information content (AvgIpc) is 3.02. The second-order valence-electron chi connectivity index (χ2n) is 4.25. The molecule has 1 aromatic rings. The fraction of sp³-hybridized carbons (Fsp3) is 0.455. The summed E-state index contributed by atoms with van der Waals surface area (Å²) in [5, 5.41) is 8.87. The molecule has 1 heterocycles. The minimum Gasteiger partial charge on any atom is -0.478 e. The number of aromatic carboxylic acids is 1. The van der Waals surface area contributed by atoms with E-state index in [-0.39, 0.29) is 11.1 Å². The zero-order valence-corrected chi connectivity index (χ0v) is 8.86.